The Kier molecular flexibility index (Phi) is 5.82. The maximum Gasteiger partial charge on any atom is 0.259 e. The highest BCUT2D eigenvalue weighted by molar-refractivity contribution is 6.04. The number of nitrogens with zero attached hydrogens (tertiary/aromatic N) is 5. The van der Waals surface area contributed by atoms with Gasteiger partial charge in [0.25, 0.3) is 5.91 Å². The number of pyridine rings is 1. The van der Waals surface area contributed by atoms with E-state index in [1.165, 1.54) is 12.1 Å². The number of amides is 2. The number of aryl methyl sites for hydroxylation is 1. The molecule has 2 aliphatic rings. The molecule has 176 valence electrons. The monoisotopic (exact) mass is 464 g/mol. The molecule has 5 rings (SSSR count). The molecule has 0 bridgehead atoms. The molecule has 2 amide bonds. The number of hydrogen-bond donors (Lipinski definition) is 2. The first-order valence-corrected chi connectivity index (χ1v) is 11.4. The van der Waals surface area contributed by atoms with Gasteiger partial charge in [0.05, 0.1) is 12.2 Å². The summed E-state index contributed by atoms with van der Waals surface area (Å²) in [5.74, 6) is 0.432. The van der Waals surface area contributed by atoms with Crippen LogP contribution in [0.5, 0.6) is 0 Å². The lowest BCUT2D eigenvalue weighted by Crippen LogP contribution is -2.36. The molecular formula is C24H25FN6O3. The molecule has 0 saturated heterocycles. The second kappa shape index (κ2) is 8.94. The summed E-state index contributed by atoms with van der Waals surface area (Å²) in [5, 5.41) is 20.2. The van der Waals surface area contributed by atoms with E-state index in [4.69, 9.17) is 5.11 Å². The third-order valence-corrected chi connectivity index (χ3v) is 6.44. The lowest BCUT2D eigenvalue weighted by Gasteiger charge is -2.29. The average molecular weight is 465 g/mol. The first-order valence-electron chi connectivity index (χ1n) is 11.4. The van der Waals surface area contributed by atoms with Crippen LogP contribution in [0.15, 0.2) is 30.3 Å². The molecule has 9 nitrogen and oxygen atoms in total. The number of carbonyl (C=O) groups is 2. The Bertz CT molecular complexity index is 1270. The Hall–Kier alpha value is -3.66. The molecule has 0 aliphatic carbocycles. The Balaban J connectivity index is 1.37. The Morgan fingerprint density at radius 1 is 1.21 bits per heavy atom. The topological polar surface area (TPSA) is 113 Å². The zero-order valence-corrected chi connectivity index (χ0v) is 18.8. The molecule has 0 spiro atoms. The van der Waals surface area contributed by atoms with E-state index < -0.39 is 11.7 Å². The molecule has 2 aliphatic heterocycles. The smallest absolute Gasteiger partial charge is 0.259 e. The van der Waals surface area contributed by atoms with Crippen LogP contribution in [0.25, 0.3) is 11.5 Å². The van der Waals surface area contributed by atoms with Crippen molar-refractivity contribution >= 4 is 17.6 Å². The van der Waals surface area contributed by atoms with Crippen LogP contribution in [-0.4, -0.2) is 54.7 Å². The van der Waals surface area contributed by atoms with Gasteiger partial charge in [-0.3, -0.25) is 9.59 Å². The van der Waals surface area contributed by atoms with Crippen molar-refractivity contribution in [3.63, 3.8) is 0 Å². The molecule has 0 saturated carbocycles. The quantitative estimate of drug-likeness (QED) is 0.600. The number of fused-ring (bicyclic) bond motifs is 2. The molecular weight excluding hydrogens is 439 g/mol. The van der Waals surface area contributed by atoms with E-state index in [2.05, 4.69) is 32.0 Å². The average Bonchev–Trinajstić information content (AvgIpc) is 3.41. The van der Waals surface area contributed by atoms with Crippen LogP contribution in [0.2, 0.25) is 0 Å². The van der Waals surface area contributed by atoms with Crippen molar-refractivity contribution in [2.45, 2.75) is 45.2 Å². The van der Waals surface area contributed by atoms with Crippen molar-refractivity contribution in [1.29, 1.82) is 0 Å². The van der Waals surface area contributed by atoms with E-state index in [1.54, 1.807) is 23.1 Å². The van der Waals surface area contributed by atoms with Gasteiger partial charge in [-0.05, 0) is 55.2 Å². The number of aromatic nitrogens is 4. The maximum absolute atomic E-state index is 14.8. The van der Waals surface area contributed by atoms with E-state index in [9.17, 15) is 14.0 Å². The SMILES string of the molecule is C[C@H]1CCc2nnc(-c3cccc(NC(=O)c4cc5c(cc4F)CCN(C(=O)CCO)C5)n3)n21. The summed E-state index contributed by atoms with van der Waals surface area (Å²) in [5.41, 5.74) is 1.96. The second-order valence-corrected chi connectivity index (χ2v) is 8.70. The number of benzene rings is 1. The van der Waals surface area contributed by atoms with Gasteiger partial charge >= 0.3 is 0 Å². The first-order chi connectivity index (χ1) is 16.4. The van der Waals surface area contributed by atoms with Gasteiger partial charge in [0.15, 0.2) is 5.82 Å². The maximum atomic E-state index is 14.8. The van der Waals surface area contributed by atoms with Crippen LogP contribution in [0.3, 0.4) is 0 Å². The minimum Gasteiger partial charge on any atom is -0.396 e. The normalized spacial score (nSPS) is 16.8. The van der Waals surface area contributed by atoms with Gasteiger partial charge in [0, 0.05) is 32.0 Å². The van der Waals surface area contributed by atoms with Crippen molar-refractivity contribution in [3.05, 3.63) is 58.7 Å². The zero-order valence-electron chi connectivity index (χ0n) is 18.8. The molecule has 3 aromatic rings. The fourth-order valence-electron chi connectivity index (χ4n) is 4.63. The van der Waals surface area contributed by atoms with E-state index in [0.717, 1.165) is 29.8 Å². The number of aliphatic hydroxyl groups is 1. The third-order valence-electron chi connectivity index (χ3n) is 6.44. The van der Waals surface area contributed by atoms with Gasteiger partial charge in [-0.1, -0.05) is 6.07 Å². The van der Waals surface area contributed by atoms with Crippen molar-refractivity contribution < 1.29 is 19.1 Å². The third kappa shape index (κ3) is 4.05. The van der Waals surface area contributed by atoms with Gasteiger partial charge in [-0.2, -0.15) is 0 Å². The van der Waals surface area contributed by atoms with Gasteiger partial charge in [-0.15, -0.1) is 10.2 Å². The summed E-state index contributed by atoms with van der Waals surface area (Å²) < 4.78 is 16.8. The summed E-state index contributed by atoms with van der Waals surface area (Å²) in [6, 6.07) is 8.33. The highest BCUT2D eigenvalue weighted by Crippen LogP contribution is 2.30. The zero-order chi connectivity index (χ0) is 23.8. The number of anilines is 1. The predicted molar refractivity (Wildman–Crippen MR) is 121 cm³/mol. The van der Waals surface area contributed by atoms with Crippen molar-refractivity contribution in [1.82, 2.24) is 24.6 Å². The number of carbonyl (C=O) groups excluding carboxylic acids is 2. The number of aliphatic hydroxyl groups excluding tert-OH is 1. The van der Waals surface area contributed by atoms with Crippen LogP contribution < -0.4 is 5.32 Å². The standard InChI is InChI=1S/C24H25FN6O3/c1-14-5-6-21-28-29-23(31(14)21)19-3-2-4-20(26-19)27-24(34)17-11-16-13-30(22(33)8-10-32)9-7-15(16)12-18(17)25/h2-4,11-12,14,32H,5-10,13H2,1H3,(H,26,27,34)/t14-/m0/s1. The molecule has 0 fully saturated rings. The summed E-state index contributed by atoms with van der Waals surface area (Å²) >= 11 is 0. The highest BCUT2D eigenvalue weighted by Gasteiger charge is 2.26. The number of nitrogens with one attached hydrogen (secondary N) is 1. The summed E-state index contributed by atoms with van der Waals surface area (Å²) in [4.78, 5) is 31.2. The number of halogens is 1. The largest absolute Gasteiger partial charge is 0.396 e. The number of rotatable bonds is 5. The van der Waals surface area contributed by atoms with E-state index in [-0.39, 0.29) is 42.9 Å². The van der Waals surface area contributed by atoms with Crippen LogP contribution in [0, 0.1) is 5.82 Å². The number of hydrogen-bond acceptors (Lipinski definition) is 6. The van der Waals surface area contributed by atoms with Crippen LogP contribution in [-0.2, 0) is 24.2 Å². The minimum absolute atomic E-state index is 0.0416. The van der Waals surface area contributed by atoms with Crippen molar-refractivity contribution in [2.24, 2.45) is 0 Å². The molecule has 1 aromatic carbocycles. The highest BCUT2D eigenvalue weighted by atomic mass is 19.1. The lowest BCUT2D eigenvalue weighted by atomic mass is 9.96. The van der Waals surface area contributed by atoms with Gasteiger partial charge in [0.1, 0.15) is 23.2 Å². The van der Waals surface area contributed by atoms with E-state index >= 15 is 0 Å². The van der Waals surface area contributed by atoms with Gasteiger partial charge < -0.3 is 19.9 Å². The molecule has 1 atom stereocenters. The Morgan fingerprint density at radius 2 is 2.06 bits per heavy atom. The second-order valence-electron chi connectivity index (χ2n) is 8.70. The van der Waals surface area contributed by atoms with Crippen molar-refractivity contribution in [3.8, 4) is 11.5 Å². The molecule has 10 heteroatoms. The summed E-state index contributed by atoms with van der Waals surface area (Å²) in [6.45, 7) is 2.62. The summed E-state index contributed by atoms with van der Waals surface area (Å²) in [7, 11) is 0. The molecule has 0 unspecified atom stereocenters. The molecule has 0 radical (unpaired) electrons. The Morgan fingerprint density at radius 3 is 2.88 bits per heavy atom. The molecule has 4 heterocycles. The first kappa shape index (κ1) is 22.1. The fraction of sp³-hybridized carbons (Fsp3) is 0.375. The summed E-state index contributed by atoms with van der Waals surface area (Å²) in [6.07, 6.45) is 2.40. The van der Waals surface area contributed by atoms with Crippen molar-refractivity contribution in [2.75, 3.05) is 18.5 Å². The molecule has 2 aromatic heterocycles. The van der Waals surface area contributed by atoms with Crippen LogP contribution >= 0.6 is 0 Å². The molecule has 34 heavy (non-hydrogen) atoms. The predicted octanol–water partition coefficient (Wildman–Crippen LogP) is 2.51. The van der Waals surface area contributed by atoms with Gasteiger partial charge in [-0.25, -0.2) is 9.37 Å². The van der Waals surface area contributed by atoms with E-state index in [0.29, 0.717) is 24.5 Å². The minimum atomic E-state index is -0.622. The molecule has 2 N–H and O–H groups in total. The van der Waals surface area contributed by atoms with E-state index in [1.807, 2.05) is 0 Å². The van der Waals surface area contributed by atoms with Gasteiger partial charge in [0.2, 0.25) is 5.91 Å². The van der Waals surface area contributed by atoms with Crippen LogP contribution in [0.1, 0.15) is 53.1 Å². The lowest BCUT2D eigenvalue weighted by molar-refractivity contribution is -0.132. The fourth-order valence-corrected chi connectivity index (χ4v) is 4.63. The Labute approximate surface area is 195 Å². The van der Waals surface area contributed by atoms with Crippen LogP contribution in [0.4, 0.5) is 10.2 Å².